The number of benzene rings is 2. The van der Waals surface area contributed by atoms with Gasteiger partial charge in [-0.05, 0) is 86.5 Å². The van der Waals surface area contributed by atoms with Crippen molar-refractivity contribution in [3.8, 4) is 0 Å². The van der Waals surface area contributed by atoms with Crippen molar-refractivity contribution in [3.05, 3.63) is 84.6 Å². The van der Waals surface area contributed by atoms with E-state index < -0.39 is 0 Å². The summed E-state index contributed by atoms with van der Waals surface area (Å²) in [4.78, 5) is 11.9. The van der Waals surface area contributed by atoms with Crippen LogP contribution in [0.15, 0.2) is 72.9 Å². The molecule has 0 unspecified atom stereocenters. The number of aromatic nitrogens is 1. The number of aliphatic imine (C=N–C) groups is 1. The van der Waals surface area contributed by atoms with Crippen molar-refractivity contribution in [3.63, 3.8) is 0 Å². The molecule has 4 rings (SSSR count). The Hall–Kier alpha value is -2.89. The van der Waals surface area contributed by atoms with Crippen LogP contribution in [0.5, 0.6) is 0 Å². The SMILES string of the molecule is C=C(SC(C)=NC)c1ccc2cnc(NC)cc2c1.C=Cc1cccc(CC2CCN(C)CC2)c1. The Balaban J connectivity index is 0.000000198. The second-order valence-corrected chi connectivity index (χ2v) is 10.3. The third kappa shape index (κ3) is 8.08. The predicted octanol–water partition coefficient (Wildman–Crippen LogP) is 7.24. The maximum absolute atomic E-state index is 4.30. The predicted molar refractivity (Wildman–Crippen MR) is 157 cm³/mol. The molecule has 0 saturated carbocycles. The third-order valence-electron chi connectivity index (χ3n) is 6.43. The minimum atomic E-state index is 0.870. The van der Waals surface area contributed by atoms with Crippen LogP contribution in [0.1, 0.15) is 36.5 Å². The average molecular weight is 487 g/mol. The maximum Gasteiger partial charge on any atom is 0.126 e. The lowest BCUT2D eigenvalue weighted by atomic mass is 9.90. The summed E-state index contributed by atoms with van der Waals surface area (Å²) in [6.07, 6.45) is 7.72. The van der Waals surface area contributed by atoms with Crippen molar-refractivity contribution >= 4 is 44.4 Å². The zero-order valence-electron chi connectivity index (χ0n) is 21.6. The highest BCUT2D eigenvalue weighted by Crippen LogP contribution is 2.29. The fourth-order valence-corrected chi connectivity index (χ4v) is 4.87. The Morgan fingerprint density at radius 2 is 1.94 bits per heavy atom. The largest absolute Gasteiger partial charge is 0.373 e. The van der Waals surface area contributed by atoms with Gasteiger partial charge in [0.25, 0.3) is 0 Å². The van der Waals surface area contributed by atoms with E-state index in [0.717, 1.165) is 38.0 Å². The molecule has 0 radical (unpaired) electrons. The quantitative estimate of drug-likeness (QED) is 0.294. The molecule has 3 aromatic rings. The number of piperidine rings is 1. The Morgan fingerprint density at radius 1 is 1.17 bits per heavy atom. The van der Waals surface area contributed by atoms with Crippen LogP contribution >= 0.6 is 11.8 Å². The van der Waals surface area contributed by atoms with E-state index >= 15 is 0 Å². The van der Waals surface area contributed by atoms with Crippen LogP contribution in [0, 0.1) is 5.92 Å². The van der Waals surface area contributed by atoms with Crippen LogP contribution in [0.4, 0.5) is 5.82 Å². The number of nitrogens with zero attached hydrogens (tertiary/aromatic N) is 3. The number of likely N-dealkylation sites (tertiary alicyclic amines) is 1. The van der Waals surface area contributed by atoms with E-state index in [1.165, 1.54) is 43.5 Å². The summed E-state index contributed by atoms with van der Waals surface area (Å²) in [6.45, 7) is 12.4. The highest BCUT2D eigenvalue weighted by atomic mass is 32.2. The molecule has 1 aliphatic heterocycles. The molecular formula is C30H38N4S. The van der Waals surface area contributed by atoms with Gasteiger partial charge in [-0.1, -0.05) is 67.4 Å². The summed E-state index contributed by atoms with van der Waals surface area (Å²) >= 11 is 1.60. The molecule has 2 aromatic carbocycles. The molecule has 0 aliphatic carbocycles. The molecule has 0 bridgehead atoms. The van der Waals surface area contributed by atoms with E-state index in [1.807, 2.05) is 32.3 Å². The van der Waals surface area contributed by atoms with Crippen molar-refractivity contribution in [1.29, 1.82) is 0 Å². The van der Waals surface area contributed by atoms with E-state index in [1.54, 1.807) is 18.8 Å². The standard InChI is InChI=1S/C15H17N3S.C15H21N/c1-10(19-11(2)16-3)12-5-6-13-9-18-15(17-4)8-14(13)7-12;1-3-13-5-4-6-15(11-13)12-14-7-9-16(2)10-8-14/h5-9H,1H2,2-4H3,(H,17,18);3-6,11,14H,1,7-10,12H2,2H3. The van der Waals surface area contributed by atoms with Gasteiger partial charge in [-0.15, -0.1) is 0 Å². The Bertz CT molecular complexity index is 1180. The minimum Gasteiger partial charge on any atom is -0.373 e. The fourth-order valence-electron chi connectivity index (χ4n) is 4.18. The molecule has 0 spiro atoms. The first kappa shape index (κ1) is 26.7. The number of hydrogen-bond acceptors (Lipinski definition) is 5. The van der Waals surface area contributed by atoms with Gasteiger partial charge in [0.05, 0.1) is 5.04 Å². The summed E-state index contributed by atoms with van der Waals surface area (Å²) in [6, 6.07) is 17.1. The molecule has 0 atom stereocenters. The molecule has 1 aliphatic rings. The van der Waals surface area contributed by atoms with Gasteiger partial charge in [-0.3, -0.25) is 4.99 Å². The summed E-state index contributed by atoms with van der Waals surface area (Å²) in [5.74, 6) is 1.74. The van der Waals surface area contributed by atoms with Crippen LogP contribution < -0.4 is 5.32 Å². The van der Waals surface area contributed by atoms with Crippen molar-refractivity contribution in [1.82, 2.24) is 9.88 Å². The molecule has 1 N–H and O–H groups in total. The summed E-state index contributed by atoms with van der Waals surface area (Å²) < 4.78 is 0. The molecule has 1 saturated heterocycles. The van der Waals surface area contributed by atoms with Gasteiger partial charge in [0.15, 0.2) is 0 Å². The van der Waals surface area contributed by atoms with E-state index in [0.29, 0.717) is 0 Å². The zero-order valence-corrected chi connectivity index (χ0v) is 22.4. The number of hydrogen-bond donors (Lipinski definition) is 1. The van der Waals surface area contributed by atoms with E-state index in [-0.39, 0.29) is 0 Å². The summed E-state index contributed by atoms with van der Waals surface area (Å²) in [5, 5.41) is 6.34. The van der Waals surface area contributed by atoms with Crippen molar-refractivity contribution < 1.29 is 0 Å². The zero-order chi connectivity index (χ0) is 25.2. The van der Waals surface area contributed by atoms with E-state index in [9.17, 15) is 0 Å². The highest BCUT2D eigenvalue weighted by molar-refractivity contribution is 8.21. The lowest BCUT2D eigenvalue weighted by Gasteiger charge is -2.29. The van der Waals surface area contributed by atoms with Gasteiger partial charge in [-0.25, -0.2) is 4.98 Å². The number of pyridine rings is 1. The fraction of sp³-hybridized carbons (Fsp3) is 0.333. The molecule has 35 heavy (non-hydrogen) atoms. The molecule has 1 fully saturated rings. The number of anilines is 1. The smallest absolute Gasteiger partial charge is 0.126 e. The molecule has 2 heterocycles. The van der Waals surface area contributed by atoms with Crippen LogP contribution in [-0.4, -0.2) is 49.2 Å². The second kappa shape index (κ2) is 13.3. The minimum absolute atomic E-state index is 0.870. The monoisotopic (exact) mass is 486 g/mol. The first-order chi connectivity index (χ1) is 16.9. The van der Waals surface area contributed by atoms with Crippen LogP contribution in [0.3, 0.4) is 0 Å². The van der Waals surface area contributed by atoms with Crippen molar-refractivity contribution in [2.75, 3.05) is 39.5 Å². The lowest BCUT2D eigenvalue weighted by Crippen LogP contribution is -2.30. The summed E-state index contributed by atoms with van der Waals surface area (Å²) in [7, 11) is 5.88. The lowest BCUT2D eigenvalue weighted by molar-refractivity contribution is 0.219. The first-order valence-corrected chi connectivity index (χ1v) is 13.0. The van der Waals surface area contributed by atoms with Gasteiger partial charge in [-0.2, -0.15) is 0 Å². The second-order valence-electron chi connectivity index (χ2n) is 9.05. The topological polar surface area (TPSA) is 40.5 Å². The normalized spacial score (nSPS) is 14.8. The molecule has 0 amide bonds. The van der Waals surface area contributed by atoms with Crippen LogP contribution in [0.2, 0.25) is 0 Å². The maximum atomic E-state index is 4.30. The van der Waals surface area contributed by atoms with Gasteiger partial charge < -0.3 is 10.2 Å². The van der Waals surface area contributed by atoms with E-state index in [4.69, 9.17) is 0 Å². The Labute approximate surface area is 215 Å². The van der Waals surface area contributed by atoms with Crippen molar-refractivity contribution in [2.45, 2.75) is 26.2 Å². The molecular weight excluding hydrogens is 448 g/mol. The number of fused-ring (bicyclic) bond motifs is 1. The summed E-state index contributed by atoms with van der Waals surface area (Å²) in [5.41, 5.74) is 3.83. The van der Waals surface area contributed by atoms with Gasteiger partial charge in [0.1, 0.15) is 5.82 Å². The first-order valence-electron chi connectivity index (χ1n) is 12.2. The van der Waals surface area contributed by atoms with Crippen LogP contribution in [-0.2, 0) is 6.42 Å². The van der Waals surface area contributed by atoms with Gasteiger partial charge in [0, 0.05) is 30.6 Å². The van der Waals surface area contributed by atoms with Crippen molar-refractivity contribution in [2.24, 2.45) is 10.9 Å². The Morgan fingerprint density at radius 3 is 2.63 bits per heavy atom. The van der Waals surface area contributed by atoms with Gasteiger partial charge in [0.2, 0.25) is 0 Å². The number of rotatable bonds is 6. The Kier molecular flexibility index (Phi) is 10.1. The third-order valence-corrected chi connectivity index (χ3v) is 7.39. The van der Waals surface area contributed by atoms with E-state index in [2.05, 4.69) is 82.9 Å². The number of thioether (sulfide) groups is 1. The highest BCUT2D eigenvalue weighted by Gasteiger charge is 2.16. The average Bonchev–Trinajstić information content (AvgIpc) is 2.89. The molecule has 4 nitrogen and oxygen atoms in total. The van der Waals surface area contributed by atoms with Crippen LogP contribution in [0.25, 0.3) is 21.8 Å². The molecule has 1 aromatic heterocycles. The molecule has 5 heteroatoms. The number of nitrogens with one attached hydrogen (secondary N) is 1. The molecule has 184 valence electrons. The van der Waals surface area contributed by atoms with Gasteiger partial charge >= 0.3 is 0 Å².